The summed E-state index contributed by atoms with van der Waals surface area (Å²) < 4.78 is 5.22. The number of likely N-dealkylation sites (tertiary alicyclic amines) is 1. The minimum absolute atomic E-state index is 0.0749. The molecule has 2 fully saturated rings. The third kappa shape index (κ3) is 3.64. The van der Waals surface area contributed by atoms with Crippen molar-refractivity contribution in [1.82, 2.24) is 15.2 Å². The zero-order valence-corrected chi connectivity index (χ0v) is 15.1. The topological polar surface area (TPSA) is 54.5 Å². The molecule has 5 nitrogen and oxygen atoms in total. The molecule has 0 unspecified atom stereocenters. The van der Waals surface area contributed by atoms with Crippen LogP contribution in [0.1, 0.15) is 42.0 Å². The molecule has 5 heteroatoms. The maximum Gasteiger partial charge on any atom is 0.225 e. The Morgan fingerprint density at radius 1 is 1.23 bits per heavy atom. The van der Waals surface area contributed by atoms with Gasteiger partial charge in [-0.1, -0.05) is 30.3 Å². The fourth-order valence-corrected chi connectivity index (χ4v) is 3.91. The summed E-state index contributed by atoms with van der Waals surface area (Å²) in [4.78, 5) is 19.0. The van der Waals surface area contributed by atoms with Crippen molar-refractivity contribution in [3.8, 4) is 0 Å². The number of carbonyl (C=O) groups excluding carboxylic acids is 1. The van der Waals surface area contributed by atoms with E-state index in [1.807, 2.05) is 12.3 Å². The average molecular weight is 351 g/mol. The van der Waals surface area contributed by atoms with Gasteiger partial charge in [0.15, 0.2) is 0 Å². The lowest BCUT2D eigenvalue weighted by molar-refractivity contribution is -0.129. The number of amides is 1. The Balaban J connectivity index is 1.51. The predicted octanol–water partition coefficient (Wildman–Crippen LogP) is 2.82. The van der Waals surface area contributed by atoms with Crippen molar-refractivity contribution in [1.29, 1.82) is 0 Å². The van der Waals surface area contributed by atoms with Crippen LogP contribution in [0.25, 0.3) is 0 Å². The summed E-state index contributed by atoms with van der Waals surface area (Å²) >= 11 is 0. The summed E-state index contributed by atoms with van der Waals surface area (Å²) in [5.74, 6) is 0.256. The second kappa shape index (κ2) is 7.56. The van der Waals surface area contributed by atoms with E-state index in [1.54, 1.807) is 13.3 Å². The standard InChI is InChI=1S/C21H25N3O2/c1-26-14-16-5-2-4-15(10-16)12-23-19-11-20(25)24(18-7-8-18)21(19)17-6-3-9-22-13-17/h2-6,9-10,13,18-19,21,23H,7-8,11-12,14H2,1H3/t19-,21+/m1/s1. The number of pyridine rings is 1. The molecule has 1 amide bonds. The van der Waals surface area contributed by atoms with Crippen LogP contribution in [0.15, 0.2) is 48.8 Å². The smallest absolute Gasteiger partial charge is 0.225 e. The number of hydrogen-bond acceptors (Lipinski definition) is 4. The molecule has 2 heterocycles. The minimum atomic E-state index is 0.0749. The number of nitrogens with one attached hydrogen (secondary N) is 1. The van der Waals surface area contributed by atoms with Crippen LogP contribution in [0.4, 0.5) is 0 Å². The molecular weight excluding hydrogens is 326 g/mol. The SMILES string of the molecule is COCc1cccc(CN[C@@H]2CC(=O)N(C3CC3)[C@H]2c2cccnc2)c1. The molecule has 0 bridgehead atoms. The Bertz CT molecular complexity index is 761. The molecule has 2 aromatic rings. The van der Waals surface area contributed by atoms with E-state index in [4.69, 9.17) is 4.74 Å². The van der Waals surface area contributed by atoms with E-state index in [0.29, 0.717) is 19.1 Å². The van der Waals surface area contributed by atoms with Crippen molar-refractivity contribution >= 4 is 5.91 Å². The highest BCUT2D eigenvalue weighted by Crippen LogP contribution is 2.41. The fourth-order valence-electron chi connectivity index (χ4n) is 3.91. The van der Waals surface area contributed by atoms with Crippen LogP contribution in [0.5, 0.6) is 0 Å². The number of carbonyl (C=O) groups is 1. The summed E-state index contributed by atoms with van der Waals surface area (Å²) in [6, 6.07) is 13.0. The molecule has 136 valence electrons. The van der Waals surface area contributed by atoms with Crippen molar-refractivity contribution in [2.45, 2.75) is 50.5 Å². The molecule has 1 N–H and O–H groups in total. The van der Waals surface area contributed by atoms with Crippen molar-refractivity contribution in [2.75, 3.05) is 7.11 Å². The maximum absolute atomic E-state index is 12.6. The number of benzene rings is 1. The molecule has 0 spiro atoms. The molecule has 1 aliphatic carbocycles. The van der Waals surface area contributed by atoms with E-state index >= 15 is 0 Å². The van der Waals surface area contributed by atoms with Gasteiger partial charge < -0.3 is 15.0 Å². The zero-order valence-electron chi connectivity index (χ0n) is 15.1. The molecule has 0 radical (unpaired) electrons. The molecule has 2 atom stereocenters. The quantitative estimate of drug-likeness (QED) is 0.833. The number of ether oxygens (including phenoxy) is 1. The lowest BCUT2D eigenvalue weighted by Gasteiger charge is -2.29. The van der Waals surface area contributed by atoms with Crippen LogP contribution in [-0.2, 0) is 22.7 Å². The highest BCUT2D eigenvalue weighted by atomic mass is 16.5. The van der Waals surface area contributed by atoms with Gasteiger partial charge in [-0.05, 0) is 35.6 Å². The van der Waals surface area contributed by atoms with Crippen molar-refractivity contribution < 1.29 is 9.53 Å². The van der Waals surface area contributed by atoms with Crippen LogP contribution < -0.4 is 5.32 Å². The first-order valence-electron chi connectivity index (χ1n) is 9.27. The molecule has 2 aliphatic rings. The third-order valence-corrected chi connectivity index (χ3v) is 5.20. The molecule has 1 aromatic heterocycles. The lowest BCUT2D eigenvalue weighted by atomic mass is 10.0. The number of methoxy groups -OCH3 is 1. The van der Waals surface area contributed by atoms with Crippen LogP contribution in [-0.4, -0.2) is 35.0 Å². The monoisotopic (exact) mass is 351 g/mol. The van der Waals surface area contributed by atoms with Gasteiger partial charge >= 0.3 is 0 Å². The number of aromatic nitrogens is 1. The summed E-state index contributed by atoms with van der Waals surface area (Å²) in [6.45, 7) is 1.36. The third-order valence-electron chi connectivity index (χ3n) is 5.20. The summed E-state index contributed by atoms with van der Waals surface area (Å²) in [5.41, 5.74) is 3.50. The summed E-state index contributed by atoms with van der Waals surface area (Å²) in [7, 11) is 1.71. The summed E-state index contributed by atoms with van der Waals surface area (Å²) in [6.07, 6.45) is 6.47. The molecule has 4 rings (SSSR count). The molecule has 1 aliphatic heterocycles. The largest absolute Gasteiger partial charge is 0.380 e. The normalized spacial score (nSPS) is 22.8. The second-order valence-corrected chi connectivity index (χ2v) is 7.21. The summed E-state index contributed by atoms with van der Waals surface area (Å²) in [5, 5.41) is 3.63. The molecule has 1 saturated heterocycles. The van der Waals surface area contributed by atoms with Crippen LogP contribution in [0, 0.1) is 0 Å². The van der Waals surface area contributed by atoms with Crippen molar-refractivity contribution in [2.24, 2.45) is 0 Å². The Labute approximate surface area is 154 Å². The van der Waals surface area contributed by atoms with Crippen molar-refractivity contribution in [3.63, 3.8) is 0 Å². The molecule has 1 saturated carbocycles. The van der Waals surface area contributed by atoms with E-state index in [2.05, 4.69) is 45.5 Å². The highest BCUT2D eigenvalue weighted by molar-refractivity contribution is 5.81. The van der Waals surface area contributed by atoms with E-state index in [9.17, 15) is 4.79 Å². The number of hydrogen-bond donors (Lipinski definition) is 1. The maximum atomic E-state index is 12.6. The fraction of sp³-hybridized carbons (Fsp3) is 0.429. The van der Waals surface area contributed by atoms with E-state index < -0.39 is 0 Å². The average Bonchev–Trinajstić information content (AvgIpc) is 3.44. The zero-order chi connectivity index (χ0) is 17.9. The number of rotatable bonds is 7. The van der Waals surface area contributed by atoms with Crippen LogP contribution in [0.2, 0.25) is 0 Å². The van der Waals surface area contributed by atoms with Gasteiger partial charge in [0.05, 0.1) is 12.6 Å². The molecular formula is C21H25N3O2. The van der Waals surface area contributed by atoms with Gasteiger partial charge in [0.2, 0.25) is 5.91 Å². The Kier molecular flexibility index (Phi) is 5.00. The number of nitrogens with zero attached hydrogens (tertiary/aromatic N) is 2. The van der Waals surface area contributed by atoms with Crippen molar-refractivity contribution in [3.05, 3.63) is 65.5 Å². The van der Waals surface area contributed by atoms with Gasteiger partial charge in [0, 0.05) is 44.6 Å². The van der Waals surface area contributed by atoms with Gasteiger partial charge in [0.25, 0.3) is 0 Å². The van der Waals surface area contributed by atoms with Gasteiger partial charge in [-0.2, -0.15) is 0 Å². The first-order valence-corrected chi connectivity index (χ1v) is 9.27. The van der Waals surface area contributed by atoms with Crippen LogP contribution >= 0.6 is 0 Å². The molecule has 26 heavy (non-hydrogen) atoms. The minimum Gasteiger partial charge on any atom is -0.380 e. The first kappa shape index (κ1) is 17.2. The highest BCUT2D eigenvalue weighted by Gasteiger charge is 2.47. The lowest BCUT2D eigenvalue weighted by Crippen LogP contribution is -2.37. The van der Waals surface area contributed by atoms with Gasteiger partial charge in [-0.3, -0.25) is 9.78 Å². The van der Waals surface area contributed by atoms with Gasteiger partial charge in [0.1, 0.15) is 0 Å². The first-order chi connectivity index (χ1) is 12.8. The Morgan fingerprint density at radius 2 is 2.08 bits per heavy atom. The second-order valence-electron chi connectivity index (χ2n) is 7.21. The Morgan fingerprint density at radius 3 is 2.81 bits per heavy atom. The van der Waals surface area contributed by atoms with E-state index in [0.717, 1.165) is 30.5 Å². The molecule has 1 aromatic carbocycles. The van der Waals surface area contributed by atoms with Gasteiger partial charge in [-0.25, -0.2) is 0 Å². The van der Waals surface area contributed by atoms with E-state index in [-0.39, 0.29) is 18.0 Å². The van der Waals surface area contributed by atoms with Crippen LogP contribution in [0.3, 0.4) is 0 Å². The van der Waals surface area contributed by atoms with Gasteiger partial charge in [-0.15, -0.1) is 0 Å². The Hall–Kier alpha value is -2.24. The predicted molar refractivity (Wildman–Crippen MR) is 99.2 cm³/mol. The van der Waals surface area contributed by atoms with E-state index in [1.165, 1.54) is 5.56 Å².